The van der Waals surface area contributed by atoms with Crippen molar-refractivity contribution in [3.05, 3.63) is 88.5 Å². The third kappa shape index (κ3) is 5.65. The third-order valence-corrected chi connectivity index (χ3v) is 6.36. The highest BCUT2D eigenvalue weighted by atomic mass is 19.1. The molecule has 4 rings (SSSR count). The third-order valence-electron chi connectivity index (χ3n) is 6.36. The smallest absolute Gasteiger partial charge is 0.255 e. The van der Waals surface area contributed by atoms with Gasteiger partial charge in [-0.3, -0.25) is 19.6 Å². The van der Waals surface area contributed by atoms with Crippen molar-refractivity contribution in [1.29, 1.82) is 0 Å². The number of hydrogen-bond donors (Lipinski definition) is 2. The number of carbonyl (C=O) groups is 2. The molecule has 1 saturated heterocycles. The minimum Gasteiger partial charge on any atom is -0.380 e. The molecule has 0 saturated carbocycles. The average Bonchev–Trinajstić information content (AvgIpc) is 3.35. The number of likely N-dealkylation sites (tertiary alicyclic amines) is 1. The summed E-state index contributed by atoms with van der Waals surface area (Å²) in [7, 11) is 4.02. The molecule has 0 bridgehead atoms. The predicted octanol–water partition coefficient (Wildman–Crippen LogP) is 2.83. The van der Waals surface area contributed by atoms with Crippen LogP contribution in [-0.4, -0.2) is 64.8 Å². The Morgan fingerprint density at radius 3 is 2.44 bits per heavy atom. The summed E-state index contributed by atoms with van der Waals surface area (Å²) in [6.45, 7) is 1.23. The van der Waals surface area contributed by atoms with Gasteiger partial charge in [-0.15, -0.1) is 0 Å². The van der Waals surface area contributed by atoms with E-state index in [4.69, 9.17) is 5.73 Å². The topological polar surface area (TPSA) is 104 Å². The summed E-state index contributed by atoms with van der Waals surface area (Å²) in [5, 5.41) is 2.89. The average molecular weight is 495 g/mol. The number of carbonyl (C=O) groups excluding carboxylic acids is 2. The zero-order chi connectivity index (χ0) is 25.8. The van der Waals surface area contributed by atoms with Crippen LogP contribution >= 0.6 is 0 Å². The SMILES string of the molecule is CN(C)C1CCN(C(=O)c2ccc(Cc3cc(NCc4c(F)cccc4F)c(C(N)=O)cn3)nc2)C1. The molecule has 3 N–H and O–H groups in total. The fourth-order valence-corrected chi connectivity index (χ4v) is 4.19. The number of rotatable bonds is 8. The lowest BCUT2D eigenvalue weighted by atomic mass is 10.1. The van der Waals surface area contributed by atoms with E-state index in [0.717, 1.165) is 18.6 Å². The fraction of sp³-hybridized carbons (Fsp3) is 0.308. The van der Waals surface area contributed by atoms with Crippen molar-refractivity contribution in [1.82, 2.24) is 19.8 Å². The van der Waals surface area contributed by atoms with Gasteiger partial charge in [-0.1, -0.05) is 6.07 Å². The van der Waals surface area contributed by atoms with Gasteiger partial charge < -0.3 is 20.9 Å². The number of nitrogens with two attached hydrogens (primary N) is 1. The maximum absolute atomic E-state index is 14.0. The van der Waals surface area contributed by atoms with Gasteiger partial charge in [-0.05, 0) is 50.8 Å². The van der Waals surface area contributed by atoms with E-state index in [-0.39, 0.29) is 23.6 Å². The van der Waals surface area contributed by atoms with Gasteiger partial charge in [0.15, 0.2) is 0 Å². The molecule has 1 aliphatic heterocycles. The van der Waals surface area contributed by atoms with E-state index in [9.17, 15) is 18.4 Å². The van der Waals surface area contributed by atoms with Crippen LogP contribution in [0.15, 0.2) is 48.8 Å². The first kappa shape index (κ1) is 25.2. The van der Waals surface area contributed by atoms with Crippen molar-refractivity contribution < 1.29 is 18.4 Å². The van der Waals surface area contributed by atoms with Crippen LogP contribution in [0, 0.1) is 11.6 Å². The van der Waals surface area contributed by atoms with Crippen molar-refractivity contribution in [2.24, 2.45) is 5.73 Å². The number of anilines is 1. The number of hydrogen-bond acceptors (Lipinski definition) is 6. The van der Waals surface area contributed by atoms with Gasteiger partial charge >= 0.3 is 0 Å². The molecule has 3 aromatic rings. The molecule has 8 nitrogen and oxygen atoms in total. The van der Waals surface area contributed by atoms with Crippen LogP contribution in [0.4, 0.5) is 14.5 Å². The van der Waals surface area contributed by atoms with Gasteiger partial charge in [0.25, 0.3) is 11.8 Å². The highest BCUT2D eigenvalue weighted by Gasteiger charge is 2.28. The van der Waals surface area contributed by atoms with E-state index in [1.807, 2.05) is 19.0 Å². The number of amides is 2. The standard InChI is InChI=1S/C26H28F2N6O2/c1-33(2)19-8-9-34(15-19)26(36)16-6-7-17(30-12-16)10-18-11-24(21(14-31-18)25(29)35)32-13-20-22(27)4-3-5-23(20)28/h3-7,11-12,14,19H,8-10,13,15H2,1-2H3,(H2,29,35)(H,31,32). The van der Waals surface area contributed by atoms with Crippen LogP contribution in [0.5, 0.6) is 0 Å². The van der Waals surface area contributed by atoms with Crippen molar-refractivity contribution in [3.8, 4) is 0 Å². The first-order chi connectivity index (χ1) is 17.2. The van der Waals surface area contributed by atoms with Gasteiger partial charge in [-0.2, -0.15) is 0 Å². The molecule has 1 aromatic carbocycles. The Kier molecular flexibility index (Phi) is 7.54. The van der Waals surface area contributed by atoms with Gasteiger partial charge in [0.05, 0.1) is 16.8 Å². The van der Waals surface area contributed by atoms with Crippen molar-refractivity contribution in [2.75, 3.05) is 32.5 Å². The summed E-state index contributed by atoms with van der Waals surface area (Å²) in [6.07, 6.45) is 4.14. The van der Waals surface area contributed by atoms with Gasteiger partial charge in [0.2, 0.25) is 0 Å². The number of pyridine rings is 2. The van der Waals surface area contributed by atoms with E-state index in [0.29, 0.717) is 48.2 Å². The maximum atomic E-state index is 14.0. The molecule has 10 heteroatoms. The molecule has 36 heavy (non-hydrogen) atoms. The van der Waals surface area contributed by atoms with E-state index < -0.39 is 17.5 Å². The molecule has 0 radical (unpaired) electrons. The molecule has 1 unspecified atom stereocenters. The minimum absolute atomic E-state index is 0.0470. The Morgan fingerprint density at radius 1 is 1.11 bits per heavy atom. The first-order valence-corrected chi connectivity index (χ1v) is 11.6. The quantitative estimate of drug-likeness (QED) is 0.499. The lowest BCUT2D eigenvalue weighted by Gasteiger charge is -2.20. The maximum Gasteiger partial charge on any atom is 0.255 e. The second kappa shape index (κ2) is 10.8. The number of nitrogens with one attached hydrogen (secondary N) is 1. The number of nitrogens with zero attached hydrogens (tertiary/aromatic N) is 4. The van der Waals surface area contributed by atoms with Crippen LogP contribution in [0.1, 0.15) is 44.1 Å². The summed E-state index contributed by atoms with van der Waals surface area (Å²) in [5.41, 5.74) is 7.47. The fourth-order valence-electron chi connectivity index (χ4n) is 4.19. The summed E-state index contributed by atoms with van der Waals surface area (Å²) in [6, 6.07) is 9.07. The van der Waals surface area contributed by atoms with Gasteiger partial charge in [0.1, 0.15) is 11.6 Å². The van der Waals surface area contributed by atoms with Crippen LogP contribution in [0.25, 0.3) is 0 Å². The summed E-state index contributed by atoms with van der Waals surface area (Å²) < 4.78 is 28.0. The Balaban J connectivity index is 1.46. The molecular weight excluding hydrogens is 466 g/mol. The highest BCUT2D eigenvalue weighted by molar-refractivity contribution is 5.98. The molecule has 0 spiro atoms. The zero-order valence-electron chi connectivity index (χ0n) is 20.2. The highest BCUT2D eigenvalue weighted by Crippen LogP contribution is 2.21. The number of aromatic nitrogens is 2. The predicted molar refractivity (Wildman–Crippen MR) is 131 cm³/mol. The Bertz CT molecular complexity index is 1250. The summed E-state index contributed by atoms with van der Waals surface area (Å²) >= 11 is 0. The number of primary amides is 1. The molecule has 1 fully saturated rings. The van der Waals surface area contributed by atoms with Crippen LogP contribution in [0.2, 0.25) is 0 Å². The normalized spacial score (nSPS) is 15.4. The molecule has 3 heterocycles. The second-order valence-electron chi connectivity index (χ2n) is 9.01. The van der Waals surface area contributed by atoms with Gasteiger partial charge in [-0.25, -0.2) is 8.78 Å². The van der Waals surface area contributed by atoms with Crippen LogP contribution in [-0.2, 0) is 13.0 Å². The van der Waals surface area contributed by atoms with E-state index in [2.05, 4.69) is 20.2 Å². The Hall–Kier alpha value is -3.92. The second-order valence-corrected chi connectivity index (χ2v) is 9.01. The van der Waals surface area contributed by atoms with Crippen LogP contribution < -0.4 is 11.1 Å². The van der Waals surface area contributed by atoms with Crippen molar-refractivity contribution in [2.45, 2.75) is 25.4 Å². The molecule has 1 atom stereocenters. The van der Waals surface area contributed by atoms with Crippen molar-refractivity contribution in [3.63, 3.8) is 0 Å². The first-order valence-electron chi connectivity index (χ1n) is 11.6. The van der Waals surface area contributed by atoms with E-state index in [1.54, 1.807) is 24.4 Å². The van der Waals surface area contributed by atoms with Gasteiger partial charge in [0, 0.05) is 61.4 Å². The molecule has 2 amide bonds. The van der Waals surface area contributed by atoms with Crippen molar-refractivity contribution >= 4 is 17.5 Å². The Morgan fingerprint density at radius 2 is 1.83 bits per heavy atom. The minimum atomic E-state index is -0.718. The largest absolute Gasteiger partial charge is 0.380 e. The summed E-state index contributed by atoms with van der Waals surface area (Å²) in [5.74, 6) is -2.15. The number of halogens is 2. The van der Waals surface area contributed by atoms with E-state index in [1.165, 1.54) is 12.3 Å². The number of benzene rings is 1. The monoisotopic (exact) mass is 494 g/mol. The lowest BCUT2D eigenvalue weighted by Crippen LogP contribution is -2.34. The van der Waals surface area contributed by atoms with E-state index >= 15 is 0 Å². The summed E-state index contributed by atoms with van der Waals surface area (Å²) in [4.78, 5) is 37.3. The molecule has 1 aliphatic rings. The molecule has 2 aromatic heterocycles. The van der Waals surface area contributed by atoms with Crippen LogP contribution in [0.3, 0.4) is 0 Å². The lowest BCUT2D eigenvalue weighted by molar-refractivity contribution is 0.0782. The number of likely N-dealkylation sites (N-methyl/N-ethyl adjacent to an activating group) is 1. The zero-order valence-corrected chi connectivity index (χ0v) is 20.2. The molecule has 0 aliphatic carbocycles. The molecule has 188 valence electrons. The Labute approximate surface area is 208 Å². The molecular formula is C26H28F2N6O2.